The first-order valence-electron chi connectivity index (χ1n) is 10.4. The number of hydrogen-bond donors (Lipinski definition) is 0. The van der Waals surface area contributed by atoms with Crippen molar-refractivity contribution in [2.45, 2.75) is 18.8 Å². The molecule has 8 nitrogen and oxygen atoms in total. The van der Waals surface area contributed by atoms with E-state index in [2.05, 4.69) is 16.2 Å². The molecule has 4 rings (SSSR count). The number of benzene rings is 1. The first kappa shape index (κ1) is 22.5. The lowest BCUT2D eigenvalue weighted by molar-refractivity contribution is -0.118. The highest BCUT2D eigenvalue weighted by atomic mass is 19.3. The fourth-order valence-electron chi connectivity index (χ4n) is 4.03. The number of nitrogens with zero attached hydrogens (tertiary/aromatic N) is 6. The van der Waals surface area contributed by atoms with Crippen LogP contribution in [0.15, 0.2) is 41.6 Å². The van der Waals surface area contributed by atoms with Crippen molar-refractivity contribution in [1.29, 1.82) is 5.26 Å². The Morgan fingerprint density at radius 2 is 2.00 bits per heavy atom. The van der Waals surface area contributed by atoms with Crippen LogP contribution < -0.4 is 5.01 Å². The third kappa shape index (κ3) is 4.59. The largest absolute Gasteiger partial charge is 0.331 e. The van der Waals surface area contributed by atoms with E-state index in [1.165, 1.54) is 29.4 Å². The van der Waals surface area contributed by atoms with Gasteiger partial charge in [-0.05, 0) is 49.4 Å². The number of aryl methyl sites for hydroxylation is 1. The summed E-state index contributed by atoms with van der Waals surface area (Å²) >= 11 is 0. The van der Waals surface area contributed by atoms with Crippen molar-refractivity contribution >= 4 is 23.8 Å². The number of carbonyl (C=O) groups excluding carboxylic acids is 2. The molecule has 170 valence electrons. The summed E-state index contributed by atoms with van der Waals surface area (Å²) in [6.07, 6.45) is 2.78. The maximum absolute atomic E-state index is 14.1. The molecule has 0 bridgehead atoms. The Labute approximate surface area is 189 Å². The number of anilines is 1. The predicted octanol–water partition coefficient (Wildman–Crippen LogP) is 2.40. The van der Waals surface area contributed by atoms with Crippen molar-refractivity contribution in [2.75, 3.05) is 38.2 Å². The lowest BCUT2D eigenvalue weighted by Crippen LogP contribution is -2.41. The second kappa shape index (κ2) is 8.67. The van der Waals surface area contributed by atoms with Crippen LogP contribution in [0.1, 0.15) is 33.0 Å². The summed E-state index contributed by atoms with van der Waals surface area (Å²) < 4.78 is 28.1. The molecule has 0 saturated carbocycles. The molecule has 1 aromatic heterocycles. The number of amides is 2. The van der Waals surface area contributed by atoms with Gasteiger partial charge < -0.3 is 4.90 Å². The molecule has 0 radical (unpaired) electrons. The lowest BCUT2D eigenvalue weighted by Gasteiger charge is -2.23. The summed E-state index contributed by atoms with van der Waals surface area (Å²) in [6.45, 7) is 1.30. The highest BCUT2D eigenvalue weighted by Crippen LogP contribution is 2.28. The fraction of sp³-hybridized carbons (Fsp3) is 0.348. The van der Waals surface area contributed by atoms with E-state index in [1.807, 2.05) is 6.92 Å². The van der Waals surface area contributed by atoms with Crippen molar-refractivity contribution in [3.8, 4) is 6.07 Å². The van der Waals surface area contributed by atoms with Crippen LogP contribution in [0.2, 0.25) is 0 Å². The van der Waals surface area contributed by atoms with Crippen LogP contribution in [0.25, 0.3) is 0 Å². The quantitative estimate of drug-likeness (QED) is 0.713. The molecule has 2 aliphatic heterocycles. The molecule has 0 aliphatic carbocycles. The van der Waals surface area contributed by atoms with Gasteiger partial charge in [-0.1, -0.05) is 6.07 Å². The Morgan fingerprint density at radius 3 is 2.67 bits per heavy atom. The topological polar surface area (TPSA) is 92.9 Å². The third-order valence-corrected chi connectivity index (χ3v) is 5.71. The summed E-state index contributed by atoms with van der Waals surface area (Å²) in [4.78, 5) is 32.5. The molecule has 33 heavy (non-hydrogen) atoms. The van der Waals surface area contributed by atoms with Gasteiger partial charge in [0.05, 0.1) is 30.3 Å². The van der Waals surface area contributed by atoms with Gasteiger partial charge in [0, 0.05) is 25.5 Å². The monoisotopic (exact) mass is 452 g/mol. The Morgan fingerprint density at radius 1 is 1.21 bits per heavy atom. The van der Waals surface area contributed by atoms with Crippen LogP contribution in [-0.4, -0.2) is 72.0 Å². The summed E-state index contributed by atoms with van der Waals surface area (Å²) in [5.74, 6) is -4.24. The van der Waals surface area contributed by atoms with Crippen LogP contribution in [0.4, 0.5) is 14.6 Å². The number of rotatable bonds is 3. The number of hydrazone groups is 1. The zero-order valence-electron chi connectivity index (χ0n) is 18.2. The maximum Gasteiger partial charge on any atom is 0.277 e. The molecule has 1 unspecified atom stereocenters. The number of halogens is 2. The number of nitriles is 1. The van der Waals surface area contributed by atoms with E-state index in [-0.39, 0.29) is 23.8 Å². The van der Waals surface area contributed by atoms with Crippen LogP contribution in [0.3, 0.4) is 0 Å². The highest BCUT2D eigenvalue weighted by Gasteiger charge is 2.38. The van der Waals surface area contributed by atoms with Crippen molar-refractivity contribution in [3.05, 3.63) is 58.8 Å². The Hall–Kier alpha value is -3.71. The van der Waals surface area contributed by atoms with Gasteiger partial charge in [-0.2, -0.15) is 15.4 Å². The molecular weight excluding hydrogens is 430 g/mol. The van der Waals surface area contributed by atoms with E-state index in [1.54, 1.807) is 25.2 Å². The zero-order valence-corrected chi connectivity index (χ0v) is 18.2. The van der Waals surface area contributed by atoms with Crippen LogP contribution >= 0.6 is 0 Å². The van der Waals surface area contributed by atoms with Crippen LogP contribution in [-0.2, 0) is 4.79 Å². The number of aromatic nitrogens is 1. The Kier molecular flexibility index (Phi) is 5.91. The number of pyridine rings is 1. The van der Waals surface area contributed by atoms with Crippen LogP contribution in [0.5, 0.6) is 0 Å². The van der Waals surface area contributed by atoms with Gasteiger partial charge in [-0.3, -0.25) is 14.5 Å². The number of alkyl halides is 2. The first-order valence-corrected chi connectivity index (χ1v) is 10.4. The molecule has 3 heterocycles. The van der Waals surface area contributed by atoms with Crippen molar-refractivity contribution in [3.63, 3.8) is 0 Å². The lowest BCUT2D eigenvalue weighted by atomic mass is 9.94. The summed E-state index contributed by atoms with van der Waals surface area (Å²) in [5.41, 5.74) is 2.21. The smallest absolute Gasteiger partial charge is 0.277 e. The minimum atomic E-state index is -3.00. The SMILES string of the molecule is Cc1cc(C#N)ccc1C1C=NN(c2ccc(C(=O)N3CCN(C)CC(F)(F)C3)cn2)C1=O. The summed E-state index contributed by atoms with van der Waals surface area (Å²) in [6, 6.07) is 10.1. The molecule has 0 spiro atoms. The predicted molar refractivity (Wildman–Crippen MR) is 117 cm³/mol. The molecule has 10 heteroatoms. The minimum absolute atomic E-state index is 0.161. The average molecular weight is 452 g/mol. The number of carbonyl (C=O) groups is 2. The molecule has 0 N–H and O–H groups in total. The molecule has 1 saturated heterocycles. The van der Waals surface area contributed by atoms with Gasteiger partial charge in [0.2, 0.25) is 0 Å². The van der Waals surface area contributed by atoms with E-state index in [0.29, 0.717) is 12.1 Å². The van der Waals surface area contributed by atoms with Crippen LogP contribution in [0, 0.1) is 18.3 Å². The van der Waals surface area contributed by atoms with Gasteiger partial charge in [0.25, 0.3) is 17.7 Å². The van der Waals surface area contributed by atoms with Gasteiger partial charge >= 0.3 is 0 Å². The second-order valence-corrected chi connectivity index (χ2v) is 8.30. The molecule has 1 atom stereocenters. The van der Waals surface area contributed by atoms with E-state index < -0.39 is 30.8 Å². The standard InChI is InChI=1S/C23H22F2N6O2/c1-15-9-16(10-26)3-5-18(15)19-12-28-31(22(19)33)20-6-4-17(11-27-20)21(32)30-8-7-29(2)13-23(24,25)14-30/h3-6,9,11-12,19H,7-8,13-14H2,1-2H3. The van der Waals surface area contributed by atoms with Gasteiger partial charge in [0.15, 0.2) is 5.82 Å². The molecule has 2 aliphatic rings. The molecule has 2 amide bonds. The molecule has 2 aromatic rings. The van der Waals surface area contributed by atoms with Gasteiger partial charge in [-0.15, -0.1) is 0 Å². The fourth-order valence-corrected chi connectivity index (χ4v) is 4.03. The van der Waals surface area contributed by atoms with Crippen molar-refractivity contribution in [2.24, 2.45) is 5.10 Å². The van der Waals surface area contributed by atoms with Crippen molar-refractivity contribution < 1.29 is 18.4 Å². The zero-order chi connectivity index (χ0) is 23.8. The molecule has 1 aromatic carbocycles. The van der Waals surface area contributed by atoms with E-state index in [4.69, 9.17) is 5.26 Å². The second-order valence-electron chi connectivity index (χ2n) is 8.30. The van der Waals surface area contributed by atoms with E-state index in [0.717, 1.165) is 21.0 Å². The minimum Gasteiger partial charge on any atom is -0.331 e. The van der Waals surface area contributed by atoms with E-state index >= 15 is 0 Å². The van der Waals surface area contributed by atoms with E-state index in [9.17, 15) is 18.4 Å². The summed E-state index contributed by atoms with van der Waals surface area (Å²) in [5, 5.41) is 14.3. The number of likely N-dealkylation sites (N-methyl/N-ethyl adjacent to an activating group) is 1. The first-order chi connectivity index (χ1) is 15.7. The Bertz CT molecular complexity index is 1160. The molecular formula is C23H22F2N6O2. The average Bonchev–Trinajstić information content (AvgIpc) is 3.09. The molecule has 1 fully saturated rings. The third-order valence-electron chi connectivity index (χ3n) is 5.71. The normalized spacial score (nSPS) is 20.6. The van der Waals surface area contributed by atoms with Gasteiger partial charge in [0.1, 0.15) is 5.92 Å². The maximum atomic E-state index is 14.1. The summed E-state index contributed by atoms with van der Waals surface area (Å²) in [7, 11) is 1.60. The van der Waals surface area contributed by atoms with Gasteiger partial charge in [-0.25, -0.2) is 13.8 Å². The van der Waals surface area contributed by atoms with Crippen molar-refractivity contribution in [1.82, 2.24) is 14.8 Å². The Balaban J connectivity index is 1.49. The highest BCUT2D eigenvalue weighted by molar-refractivity contribution is 6.12. The number of hydrogen-bond acceptors (Lipinski definition) is 6.